The molecule has 2 rings (SSSR count). The van der Waals surface area contributed by atoms with E-state index < -0.39 is 0 Å². The third-order valence-corrected chi connectivity index (χ3v) is 4.88. The Hall–Kier alpha value is -0.670. The third kappa shape index (κ3) is 2.52. The molecule has 0 N–H and O–H groups in total. The SMILES string of the molecule is Cc1cc(C)c(C(=O)C2CCCOC2)c(C)c1Br. The van der Waals surface area contributed by atoms with E-state index in [2.05, 4.69) is 28.9 Å². The van der Waals surface area contributed by atoms with Gasteiger partial charge in [0.1, 0.15) is 0 Å². The molecule has 1 aliphatic heterocycles. The average molecular weight is 311 g/mol. The summed E-state index contributed by atoms with van der Waals surface area (Å²) in [5, 5.41) is 0. The van der Waals surface area contributed by atoms with E-state index in [9.17, 15) is 4.79 Å². The molecule has 98 valence electrons. The number of carbonyl (C=O) groups excluding carboxylic acids is 1. The Bertz CT molecular complexity index is 474. The van der Waals surface area contributed by atoms with Crippen LogP contribution in [-0.4, -0.2) is 19.0 Å². The lowest BCUT2D eigenvalue weighted by Gasteiger charge is -2.23. The normalized spacial score (nSPS) is 19.9. The molecule has 0 aromatic heterocycles. The second-order valence-corrected chi connectivity index (χ2v) is 5.90. The molecule has 0 radical (unpaired) electrons. The Kier molecular flexibility index (Phi) is 4.23. The summed E-state index contributed by atoms with van der Waals surface area (Å²) in [6, 6.07) is 2.08. The van der Waals surface area contributed by atoms with Crippen molar-refractivity contribution in [1.82, 2.24) is 0 Å². The fourth-order valence-electron chi connectivity index (χ4n) is 2.69. The molecule has 1 saturated heterocycles. The molecule has 1 atom stereocenters. The van der Waals surface area contributed by atoms with Crippen molar-refractivity contribution in [3.63, 3.8) is 0 Å². The monoisotopic (exact) mass is 310 g/mol. The predicted molar refractivity (Wildman–Crippen MR) is 76.2 cm³/mol. The number of rotatable bonds is 2. The molecule has 0 amide bonds. The molecule has 0 spiro atoms. The maximum Gasteiger partial charge on any atom is 0.168 e. The Labute approximate surface area is 117 Å². The summed E-state index contributed by atoms with van der Waals surface area (Å²) >= 11 is 3.57. The van der Waals surface area contributed by atoms with Gasteiger partial charge in [-0.15, -0.1) is 0 Å². The second kappa shape index (κ2) is 5.54. The molecule has 0 bridgehead atoms. The molecule has 0 saturated carbocycles. The molecule has 0 aliphatic carbocycles. The van der Waals surface area contributed by atoms with Gasteiger partial charge in [-0.2, -0.15) is 0 Å². The van der Waals surface area contributed by atoms with Gasteiger partial charge in [0.2, 0.25) is 0 Å². The molecule has 2 nitrogen and oxygen atoms in total. The van der Waals surface area contributed by atoms with Crippen LogP contribution in [0.25, 0.3) is 0 Å². The van der Waals surface area contributed by atoms with Crippen molar-refractivity contribution < 1.29 is 9.53 Å². The summed E-state index contributed by atoms with van der Waals surface area (Å²) in [5.74, 6) is 0.274. The topological polar surface area (TPSA) is 26.3 Å². The van der Waals surface area contributed by atoms with Crippen molar-refractivity contribution in [2.45, 2.75) is 33.6 Å². The van der Waals surface area contributed by atoms with Crippen LogP contribution >= 0.6 is 15.9 Å². The minimum absolute atomic E-state index is 0.0331. The van der Waals surface area contributed by atoms with Crippen LogP contribution < -0.4 is 0 Å². The number of aryl methyl sites for hydroxylation is 2. The van der Waals surface area contributed by atoms with Gasteiger partial charge < -0.3 is 4.74 Å². The van der Waals surface area contributed by atoms with Crippen molar-refractivity contribution in [2.75, 3.05) is 13.2 Å². The molecule has 1 fully saturated rings. The Morgan fingerprint density at radius 2 is 2.06 bits per heavy atom. The lowest BCUT2D eigenvalue weighted by atomic mass is 9.87. The van der Waals surface area contributed by atoms with Crippen molar-refractivity contribution in [2.24, 2.45) is 5.92 Å². The zero-order chi connectivity index (χ0) is 13.3. The average Bonchev–Trinajstić information content (AvgIpc) is 2.37. The van der Waals surface area contributed by atoms with E-state index in [4.69, 9.17) is 4.74 Å². The zero-order valence-corrected chi connectivity index (χ0v) is 12.8. The van der Waals surface area contributed by atoms with Crippen LogP contribution in [-0.2, 0) is 4.74 Å². The molecule has 1 aromatic rings. The smallest absolute Gasteiger partial charge is 0.168 e. The van der Waals surface area contributed by atoms with E-state index in [0.717, 1.165) is 40.6 Å². The van der Waals surface area contributed by atoms with E-state index in [1.807, 2.05) is 13.8 Å². The van der Waals surface area contributed by atoms with Gasteiger partial charge in [0.05, 0.1) is 6.61 Å². The maximum atomic E-state index is 12.6. The number of Topliss-reactive ketones (excluding diaryl/α,β-unsaturated/α-hetero) is 1. The largest absolute Gasteiger partial charge is 0.381 e. The number of benzene rings is 1. The first-order chi connectivity index (χ1) is 8.52. The minimum atomic E-state index is 0.0331. The van der Waals surface area contributed by atoms with Crippen LogP contribution in [0.1, 0.15) is 39.9 Å². The van der Waals surface area contributed by atoms with Crippen LogP contribution in [0.5, 0.6) is 0 Å². The summed E-state index contributed by atoms with van der Waals surface area (Å²) in [5.41, 5.74) is 4.19. The fraction of sp³-hybridized carbons (Fsp3) is 0.533. The number of ether oxygens (including phenoxy) is 1. The molecule has 1 heterocycles. The Morgan fingerprint density at radius 3 is 2.67 bits per heavy atom. The molecular formula is C15H19BrO2. The zero-order valence-electron chi connectivity index (χ0n) is 11.2. The second-order valence-electron chi connectivity index (χ2n) is 5.10. The number of hydrogen-bond acceptors (Lipinski definition) is 2. The maximum absolute atomic E-state index is 12.6. The van der Waals surface area contributed by atoms with Crippen molar-refractivity contribution in [1.29, 1.82) is 0 Å². The number of carbonyl (C=O) groups is 1. The van der Waals surface area contributed by atoms with E-state index in [-0.39, 0.29) is 11.7 Å². The van der Waals surface area contributed by atoms with Crippen molar-refractivity contribution in [3.8, 4) is 0 Å². The Morgan fingerprint density at radius 1 is 1.33 bits per heavy atom. The van der Waals surface area contributed by atoms with Gasteiger partial charge in [-0.25, -0.2) is 0 Å². The standard InChI is InChI=1S/C15H19BrO2/c1-9-7-10(2)14(16)11(3)13(9)15(17)12-5-4-6-18-8-12/h7,12H,4-6,8H2,1-3H3. The van der Waals surface area contributed by atoms with Crippen LogP contribution in [0, 0.1) is 26.7 Å². The van der Waals surface area contributed by atoms with Crippen molar-refractivity contribution >= 4 is 21.7 Å². The first-order valence-corrected chi connectivity index (χ1v) is 7.20. The van der Waals surface area contributed by atoms with Gasteiger partial charge in [0.25, 0.3) is 0 Å². The van der Waals surface area contributed by atoms with Crippen LogP contribution in [0.15, 0.2) is 10.5 Å². The van der Waals surface area contributed by atoms with Gasteiger partial charge in [0, 0.05) is 22.6 Å². The van der Waals surface area contributed by atoms with Crippen molar-refractivity contribution in [3.05, 3.63) is 32.8 Å². The third-order valence-electron chi connectivity index (χ3n) is 3.66. The summed E-state index contributed by atoms with van der Waals surface area (Å²) in [4.78, 5) is 12.6. The first-order valence-electron chi connectivity index (χ1n) is 6.40. The summed E-state index contributed by atoms with van der Waals surface area (Å²) in [6.07, 6.45) is 1.94. The molecular weight excluding hydrogens is 292 g/mol. The van der Waals surface area contributed by atoms with Gasteiger partial charge >= 0.3 is 0 Å². The number of halogens is 1. The first kappa shape index (κ1) is 13.8. The van der Waals surface area contributed by atoms with E-state index in [1.165, 1.54) is 5.56 Å². The fourth-order valence-corrected chi connectivity index (χ4v) is 3.01. The van der Waals surface area contributed by atoms with Gasteiger partial charge in [-0.05, 0) is 50.3 Å². The molecule has 3 heteroatoms. The highest BCUT2D eigenvalue weighted by molar-refractivity contribution is 9.10. The predicted octanol–water partition coefficient (Wildman–Crippen LogP) is 3.98. The van der Waals surface area contributed by atoms with Gasteiger partial charge in [0.15, 0.2) is 5.78 Å². The summed E-state index contributed by atoms with van der Waals surface area (Å²) in [6.45, 7) is 7.45. The summed E-state index contributed by atoms with van der Waals surface area (Å²) < 4.78 is 6.48. The lowest BCUT2D eigenvalue weighted by molar-refractivity contribution is 0.0460. The number of ketones is 1. The molecule has 1 unspecified atom stereocenters. The minimum Gasteiger partial charge on any atom is -0.381 e. The van der Waals surface area contributed by atoms with Gasteiger partial charge in [-0.3, -0.25) is 4.79 Å². The summed E-state index contributed by atoms with van der Waals surface area (Å²) in [7, 11) is 0. The van der Waals surface area contributed by atoms with Gasteiger partial charge in [-0.1, -0.05) is 22.0 Å². The quantitative estimate of drug-likeness (QED) is 0.772. The molecule has 1 aromatic carbocycles. The Balaban J connectivity index is 2.38. The molecule has 1 aliphatic rings. The highest BCUT2D eigenvalue weighted by atomic mass is 79.9. The van der Waals surface area contributed by atoms with E-state index in [1.54, 1.807) is 0 Å². The van der Waals surface area contributed by atoms with Crippen LogP contribution in [0.4, 0.5) is 0 Å². The molecule has 18 heavy (non-hydrogen) atoms. The van der Waals surface area contributed by atoms with Crippen LogP contribution in [0.2, 0.25) is 0 Å². The highest BCUT2D eigenvalue weighted by Crippen LogP contribution is 2.30. The van der Waals surface area contributed by atoms with Crippen LogP contribution in [0.3, 0.4) is 0 Å². The lowest BCUT2D eigenvalue weighted by Crippen LogP contribution is -2.26. The highest BCUT2D eigenvalue weighted by Gasteiger charge is 2.26. The number of hydrogen-bond donors (Lipinski definition) is 0. The van der Waals surface area contributed by atoms with E-state index in [0.29, 0.717) is 6.61 Å². The van der Waals surface area contributed by atoms with E-state index >= 15 is 0 Å².